The molecule has 0 fully saturated rings. The zero-order valence-corrected chi connectivity index (χ0v) is 10.3. The summed E-state index contributed by atoms with van der Waals surface area (Å²) in [7, 11) is 0. The Hall–Kier alpha value is -1.64. The van der Waals surface area contributed by atoms with Crippen LogP contribution < -0.4 is 0 Å². The van der Waals surface area contributed by atoms with Crippen molar-refractivity contribution in [2.45, 2.75) is 20.0 Å². The van der Waals surface area contributed by atoms with Crippen molar-refractivity contribution in [2.75, 3.05) is 6.61 Å². The van der Waals surface area contributed by atoms with Crippen molar-refractivity contribution in [3.8, 4) is 22.5 Å². The number of hydrogen-bond acceptors (Lipinski definition) is 5. The number of aromatic nitrogens is 2. The van der Waals surface area contributed by atoms with Gasteiger partial charge in [0.2, 0.25) is 5.82 Å². The van der Waals surface area contributed by atoms with E-state index in [2.05, 4.69) is 22.0 Å². The van der Waals surface area contributed by atoms with Crippen molar-refractivity contribution in [3.05, 3.63) is 23.4 Å². The van der Waals surface area contributed by atoms with E-state index in [1.54, 1.807) is 11.3 Å². The second-order valence-electron chi connectivity index (χ2n) is 3.19. The molecule has 0 aliphatic heterocycles. The monoisotopic (exact) mass is 248 g/mol. The Balaban J connectivity index is 1.87. The van der Waals surface area contributed by atoms with Gasteiger partial charge in [-0.05, 0) is 11.4 Å². The zero-order chi connectivity index (χ0) is 11.9. The third-order valence-electron chi connectivity index (χ3n) is 1.91. The van der Waals surface area contributed by atoms with Crippen molar-refractivity contribution >= 4 is 11.3 Å². The minimum Gasteiger partial charge on any atom is -0.359 e. The topological polar surface area (TPSA) is 48.2 Å². The van der Waals surface area contributed by atoms with Gasteiger partial charge in [-0.2, -0.15) is 4.98 Å². The van der Waals surface area contributed by atoms with Crippen molar-refractivity contribution in [2.24, 2.45) is 0 Å². The first kappa shape index (κ1) is 11.8. The SMILES string of the molecule is CCC#CCOCc1nc(-c2cccs2)no1. The van der Waals surface area contributed by atoms with Crippen LogP contribution in [0.3, 0.4) is 0 Å². The first-order valence-corrected chi connectivity index (χ1v) is 6.18. The second-order valence-corrected chi connectivity index (χ2v) is 4.14. The normalized spacial score (nSPS) is 9.94. The number of ether oxygens (including phenoxy) is 1. The summed E-state index contributed by atoms with van der Waals surface area (Å²) < 4.78 is 10.4. The average Bonchev–Trinajstić information content (AvgIpc) is 2.99. The lowest BCUT2D eigenvalue weighted by Crippen LogP contribution is -1.93. The highest BCUT2D eigenvalue weighted by atomic mass is 32.1. The molecule has 0 N–H and O–H groups in total. The minimum atomic E-state index is 0.302. The van der Waals surface area contributed by atoms with Crippen LogP contribution in [0.15, 0.2) is 22.0 Å². The van der Waals surface area contributed by atoms with Gasteiger partial charge in [0, 0.05) is 6.42 Å². The van der Waals surface area contributed by atoms with Crippen LogP contribution in [0.2, 0.25) is 0 Å². The molecule has 0 saturated heterocycles. The van der Waals surface area contributed by atoms with E-state index >= 15 is 0 Å². The standard InChI is InChI=1S/C12H12N2O2S/c1-2-3-4-7-15-9-11-13-12(14-16-11)10-6-5-8-17-10/h5-6,8H,2,7,9H2,1H3. The molecule has 0 amide bonds. The molecule has 17 heavy (non-hydrogen) atoms. The van der Waals surface area contributed by atoms with Crippen LogP contribution in [-0.2, 0) is 11.3 Å². The molecule has 0 bridgehead atoms. The summed E-state index contributed by atoms with van der Waals surface area (Å²) in [5, 5.41) is 5.86. The van der Waals surface area contributed by atoms with E-state index in [9.17, 15) is 0 Å². The lowest BCUT2D eigenvalue weighted by molar-refractivity contribution is 0.125. The van der Waals surface area contributed by atoms with Crippen LogP contribution >= 0.6 is 11.3 Å². The molecule has 4 nitrogen and oxygen atoms in total. The summed E-state index contributed by atoms with van der Waals surface area (Å²) in [5.41, 5.74) is 0. The quantitative estimate of drug-likeness (QED) is 0.616. The molecular weight excluding hydrogens is 236 g/mol. The number of rotatable bonds is 4. The van der Waals surface area contributed by atoms with E-state index in [1.807, 2.05) is 24.4 Å². The highest BCUT2D eigenvalue weighted by Crippen LogP contribution is 2.21. The molecule has 2 rings (SSSR count). The first-order chi connectivity index (χ1) is 8.40. The smallest absolute Gasteiger partial charge is 0.253 e. The predicted octanol–water partition coefficient (Wildman–Crippen LogP) is 2.73. The number of hydrogen-bond donors (Lipinski definition) is 0. The molecule has 0 unspecified atom stereocenters. The Morgan fingerprint density at radius 1 is 1.47 bits per heavy atom. The average molecular weight is 248 g/mol. The summed E-state index contributed by atoms with van der Waals surface area (Å²) in [6, 6.07) is 3.90. The van der Waals surface area contributed by atoms with Gasteiger partial charge in [0.25, 0.3) is 5.89 Å². The Morgan fingerprint density at radius 2 is 2.41 bits per heavy atom. The van der Waals surface area contributed by atoms with Crippen LogP contribution in [0, 0.1) is 11.8 Å². The number of nitrogens with zero attached hydrogens (tertiary/aromatic N) is 2. The Morgan fingerprint density at radius 3 is 3.18 bits per heavy atom. The van der Waals surface area contributed by atoms with E-state index in [-0.39, 0.29) is 0 Å². The third-order valence-corrected chi connectivity index (χ3v) is 2.78. The molecule has 2 aromatic rings. The van der Waals surface area contributed by atoms with E-state index in [0.717, 1.165) is 11.3 Å². The lowest BCUT2D eigenvalue weighted by atomic mass is 10.4. The molecule has 2 heterocycles. The maximum Gasteiger partial charge on any atom is 0.253 e. The highest BCUT2D eigenvalue weighted by Gasteiger charge is 2.08. The molecule has 0 aromatic carbocycles. The fourth-order valence-electron chi connectivity index (χ4n) is 1.18. The molecule has 0 aliphatic carbocycles. The Labute approximate surface area is 104 Å². The van der Waals surface area contributed by atoms with E-state index in [4.69, 9.17) is 9.26 Å². The lowest BCUT2D eigenvalue weighted by Gasteiger charge is -1.92. The van der Waals surface area contributed by atoms with Crippen LogP contribution in [0.4, 0.5) is 0 Å². The highest BCUT2D eigenvalue weighted by molar-refractivity contribution is 7.13. The molecule has 0 aliphatic rings. The molecule has 88 valence electrons. The molecule has 2 aromatic heterocycles. The molecule has 5 heteroatoms. The summed E-state index contributed by atoms with van der Waals surface area (Å²) in [6.07, 6.45) is 0.840. The number of thiophene rings is 1. The fraction of sp³-hybridized carbons (Fsp3) is 0.333. The van der Waals surface area contributed by atoms with Gasteiger partial charge in [0.05, 0.1) is 4.88 Å². The first-order valence-electron chi connectivity index (χ1n) is 5.30. The predicted molar refractivity (Wildman–Crippen MR) is 65.3 cm³/mol. The molecule has 0 spiro atoms. The van der Waals surface area contributed by atoms with Crippen molar-refractivity contribution in [1.82, 2.24) is 10.1 Å². The summed E-state index contributed by atoms with van der Waals surface area (Å²) in [6.45, 7) is 2.69. The fourth-order valence-corrected chi connectivity index (χ4v) is 1.83. The van der Waals surface area contributed by atoms with Crippen LogP contribution in [0.5, 0.6) is 0 Å². The molecule has 0 saturated carbocycles. The molecule has 0 atom stereocenters. The molecular formula is C12H12N2O2S. The van der Waals surface area contributed by atoms with Crippen LogP contribution in [-0.4, -0.2) is 16.7 Å². The van der Waals surface area contributed by atoms with Gasteiger partial charge >= 0.3 is 0 Å². The van der Waals surface area contributed by atoms with Gasteiger partial charge in [-0.15, -0.1) is 17.3 Å². The molecule has 0 radical (unpaired) electrons. The maximum absolute atomic E-state index is 5.29. The van der Waals surface area contributed by atoms with E-state index < -0.39 is 0 Å². The summed E-state index contributed by atoms with van der Waals surface area (Å²) in [4.78, 5) is 5.22. The summed E-state index contributed by atoms with van der Waals surface area (Å²) in [5.74, 6) is 6.89. The van der Waals surface area contributed by atoms with Gasteiger partial charge in [-0.1, -0.05) is 24.1 Å². The van der Waals surface area contributed by atoms with Crippen LogP contribution in [0.25, 0.3) is 10.7 Å². The largest absolute Gasteiger partial charge is 0.359 e. The van der Waals surface area contributed by atoms with Gasteiger partial charge in [0.1, 0.15) is 13.2 Å². The Kier molecular flexibility index (Phi) is 4.30. The third kappa shape index (κ3) is 3.41. The zero-order valence-electron chi connectivity index (χ0n) is 9.47. The van der Waals surface area contributed by atoms with Crippen molar-refractivity contribution < 1.29 is 9.26 Å². The van der Waals surface area contributed by atoms with Gasteiger partial charge in [-0.3, -0.25) is 0 Å². The maximum atomic E-state index is 5.29. The van der Waals surface area contributed by atoms with Crippen LogP contribution in [0.1, 0.15) is 19.2 Å². The van der Waals surface area contributed by atoms with E-state index in [1.165, 1.54) is 0 Å². The summed E-state index contributed by atoms with van der Waals surface area (Å²) >= 11 is 1.58. The Bertz CT molecular complexity index is 508. The van der Waals surface area contributed by atoms with Gasteiger partial charge in [-0.25, -0.2) is 0 Å². The minimum absolute atomic E-state index is 0.302. The second kappa shape index (κ2) is 6.18. The van der Waals surface area contributed by atoms with Crippen molar-refractivity contribution in [3.63, 3.8) is 0 Å². The van der Waals surface area contributed by atoms with E-state index in [0.29, 0.717) is 24.9 Å². The van der Waals surface area contributed by atoms with Crippen molar-refractivity contribution in [1.29, 1.82) is 0 Å². The van der Waals surface area contributed by atoms with Gasteiger partial charge < -0.3 is 9.26 Å². The van der Waals surface area contributed by atoms with Gasteiger partial charge in [0.15, 0.2) is 0 Å².